The third-order valence-corrected chi connectivity index (χ3v) is 8.08. The molecule has 2 bridgehead atoms. The van der Waals surface area contributed by atoms with Crippen LogP contribution >= 0.6 is 0 Å². The number of aliphatic hydroxyl groups is 1. The van der Waals surface area contributed by atoms with Crippen molar-refractivity contribution in [2.45, 2.75) is 30.6 Å². The molecule has 10 nitrogen and oxygen atoms in total. The van der Waals surface area contributed by atoms with Gasteiger partial charge < -0.3 is 34.1 Å². The highest BCUT2D eigenvalue weighted by atomic mass is 16.6. The first-order valence-electron chi connectivity index (χ1n) is 12.6. The van der Waals surface area contributed by atoms with E-state index in [1.165, 1.54) is 6.26 Å². The van der Waals surface area contributed by atoms with Crippen LogP contribution in [-0.2, 0) is 19.9 Å². The van der Waals surface area contributed by atoms with Crippen molar-refractivity contribution in [1.82, 2.24) is 5.16 Å². The van der Waals surface area contributed by atoms with Crippen LogP contribution in [0.25, 0.3) is 0 Å². The molecular weight excluding hydrogens is 490 g/mol. The number of benzene rings is 2. The summed E-state index contributed by atoms with van der Waals surface area (Å²) in [6, 6.07) is 14.2. The maximum atomic E-state index is 13.9. The molecule has 1 amide bonds. The van der Waals surface area contributed by atoms with E-state index in [1.54, 1.807) is 68.8 Å². The summed E-state index contributed by atoms with van der Waals surface area (Å²) >= 11 is 0. The number of primary amides is 1. The lowest BCUT2D eigenvalue weighted by atomic mass is 9.80. The molecule has 1 aromatic heterocycles. The normalized spacial score (nSPS) is 23.4. The molecular formula is C28H32N3O7+. The van der Waals surface area contributed by atoms with Crippen molar-refractivity contribution in [1.29, 1.82) is 0 Å². The van der Waals surface area contributed by atoms with Gasteiger partial charge in [0.05, 0.1) is 27.3 Å². The first-order valence-corrected chi connectivity index (χ1v) is 12.6. The van der Waals surface area contributed by atoms with Gasteiger partial charge in [-0.1, -0.05) is 29.4 Å². The molecule has 2 aromatic carbocycles. The van der Waals surface area contributed by atoms with Gasteiger partial charge in [-0.3, -0.25) is 4.79 Å². The first kappa shape index (κ1) is 25.7. The van der Waals surface area contributed by atoms with Crippen LogP contribution in [-0.4, -0.2) is 66.6 Å². The summed E-state index contributed by atoms with van der Waals surface area (Å²) in [5.41, 5.74) is 4.92. The number of fused-ring (bicyclic) bond motifs is 3. The van der Waals surface area contributed by atoms with Crippen molar-refractivity contribution in [2.75, 3.05) is 33.9 Å². The van der Waals surface area contributed by atoms with E-state index in [-0.39, 0.29) is 5.92 Å². The molecule has 3 aliphatic rings. The van der Waals surface area contributed by atoms with Gasteiger partial charge in [-0.15, -0.1) is 0 Å². The highest BCUT2D eigenvalue weighted by Crippen LogP contribution is 2.43. The summed E-state index contributed by atoms with van der Waals surface area (Å²) < 4.78 is 22.0. The van der Waals surface area contributed by atoms with Gasteiger partial charge in [0.25, 0.3) is 5.91 Å². The zero-order chi connectivity index (χ0) is 26.9. The topological polar surface area (TPSA) is 134 Å². The fraction of sp³-hybridized carbons (Fsp3) is 0.393. The predicted octanol–water partition coefficient (Wildman–Crippen LogP) is 2.31. The van der Waals surface area contributed by atoms with Gasteiger partial charge in [-0.25, -0.2) is 4.79 Å². The zero-order valence-electron chi connectivity index (χ0n) is 21.4. The molecule has 3 saturated heterocycles. The molecule has 3 aliphatic heterocycles. The Morgan fingerprint density at radius 3 is 2.00 bits per heavy atom. The van der Waals surface area contributed by atoms with E-state index in [0.717, 1.165) is 12.8 Å². The van der Waals surface area contributed by atoms with Gasteiger partial charge in [0.1, 0.15) is 24.3 Å². The van der Waals surface area contributed by atoms with Crippen LogP contribution in [0.5, 0.6) is 11.5 Å². The SMILES string of the molecule is COc1ccc(C(O)(C(=O)O[C@H]2C[N+]3(C(C(N)=O)c4ccon4)CCC2CC3)c2ccc(OC)cc2)cc1. The number of esters is 1. The average Bonchev–Trinajstić information content (AvgIpc) is 3.47. The summed E-state index contributed by atoms with van der Waals surface area (Å²) in [6.07, 6.45) is 2.41. The third kappa shape index (κ3) is 4.39. The molecule has 38 heavy (non-hydrogen) atoms. The monoisotopic (exact) mass is 522 g/mol. The molecule has 4 heterocycles. The fourth-order valence-electron chi connectivity index (χ4n) is 6.01. The Labute approximate surface area is 220 Å². The van der Waals surface area contributed by atoms with E-state index in [9.17, 15) is 14.7 Å². The lowest BCUT2D eigenvalue weighted by molar-refractivity contribution is -0.965. The van der Waals surface area contributed by atoms with Gasteiger partial charge in [0.15, 0.2) is 11.8 Å². The Hall–Kier alpha value is -3.89. The summed E-state index contributed by atoms with van der Waals surface area (Å²) in [6.45, 7) is 1.80. The van der Waals surface area contributed by atoms with Crippen molar-refractivity contribution >= 4 is 11.9 Å². The number of amides is 1. The van der Waals surface area contributed by atoms with Crippen LogP contribution < -0.4 is 15.2 Å². The highest BCUT2D eigenvalue weighted by Gasteiger charge is 2.55. The first-order chi connectivity index (χ1) is 18.3. The number of nitrogens with two attached hydrogens (primary N) is 1. The number of piperidine rings is 3. The highest BCUT2D eigenvalue weighted by molar-refractivity contribution is 5.85. The van der Waals surface area contributed by atoms with Crippen LogP contribution in [0, 0.1) is 5.92 Å². The van der Waals surface area contributed by atoms with Crippen LogP contribution in [0.3, 0.4) is 0 Å². The van der Waals surface area contributed by atoms with Crippen LogP contribution in [0.15, 0.2) is 65.4 Å². The fourth-order valence-corrected chi connectivity index (χ4v) is 6.01. The number of carbonyl (C=O) groups is 2. The Morgan fingerprint density at radius 1 is 1.00 bits per heavy atom. The van der Waals surface area contributed by atoms with E-state index in [0.29, 0.717) is 52.4 Å². The Bertz CT molecular complexity index is 1220. The Morgan fingerprint density at radius 2 is 1.55 bits per heavy atom. The van der Waals surface area contributed by atoms with Crippen molar-refractivity contribution < 1.29 is 37.9 Å². The molecule has 0 radical (unpaired) electrons. The molecule has 200 valence electrons. The maximum Gasteiger partial charge on any atom is 0.348 e. The average molecular weight is 523 g/mol. The number of aromatic nitrogens is 1. The summed E-state index contributed by atoms with van der Waals surface area (Å²) in [7, 11) is 3.09. The second-order valence-corrected chi connectivity index (χ2v) is 10.0. The number of hydrogen-bond acceptors (Lipinski definition) is 8. The van der Waals surface area contributed by atoms with Crippen molar-refractivity contribution in [3.63, 3.8) is 0 Å². The standard InChI is InChI=1S/C28H31N3O7/c1-35-21-7-3-19(4-8-21)28(34,20-5-9-22(36-2)10-6-20)27(33)38-24-17-31(14-11-18(24)12-15-31)25(26(29)32)23-13-16-37-30-23/h3-10,13,16,18,24-25,34H,11-12,14-15,17H2,1-2H3,(H-,29,32)/p+1/t18?,24-,25?,31?/m0/s1. The van der Waals surface area contributed by atoms with E-state index >= 15 is 0 Å². The van der Waals surface area contributed by atoms with Crippen LogP contribution in [0.4, 0.5) is 0 Å². The minimum Gasteiger partial charge on any atom is -0.497 e. The molecule has 2 atom stereocenters. The lowest BCUT2D eigenvalue weighted by Gasteiger charge is -2.54. The van der Waals surface area contributed by atoms with E-state index < -0.39 is 29.6 Å². The maximum absolute atomic E-state index is 13.9. The molecule has 3 N–H and O–H groups in total. The van der Waals surface area contributed by atoms with Crippen molar-refractivity contribution in [3.05, 3.63) is 77.7 Å². The molecule has 6 rings (SSSR count). The molecule has 1 unspecified atom stereocenters. The number of ether oxygens (including phenoxy) is 3. The number of quaternary nitrogens is 1. The van der Waals surface area contributed by atoms with Crippen molar-refractivity contribution in [3.8, 4) is 11.5 Å². The Kier molecular flexibility index (Phi) is 6.85. The number of methoxy groups -OCH3 is 2. The smallest absolute Gasteiger partial charge is 0.348 e. The summed E-state index contributed by atoms with van der Waals surface area (Å²) in [5.74, 6) is 0.00150. The van der Waals surface area contributed by atoms with Crippen LogP contribution in [0.1, 0.15) is 35.7 Å². The van der Waals surface area contributed by atoms with E-state index in [2.05, 4.69) is 5.16 Å². The quantitative estimate of drug-likeness (QED) is 0.323. The van der Waals surface area contributed by atoms with E-state index in [1.807, 2.05) is 0 Å². The minimum absolute atomic E-state index is 0.112. The Balaban J connectivity index is 1.47. The second-order valence-electron chi connectivity index (χ2n) is 10.0. The number of hydrogen-bond donors (Lipinski definition) is 2. The molecule has 3 fully saturated rings. The minimum atomic E-state index is -2.08. The van der Waals surface area contributed by atoms with Gasteiger partial charge >= 0.3 is 5.97 Å². The largest absolute Gasteiger partial charge is 0.497 e. The molecule has 0 spiro atoms. The van der Waals surface area contributed by atoms with Crippen LogP contribution in [0.2, 0.25) is 0 Å². The van der Waals surface area contributed by atoms with Gasteiger partial charge in [-0.2, -0.15) is 0 Å². The summed E-state index contributed by atoms with van der Waals surface area (Å²) in [5, 5.41) is 16.0. The molecule has 3 aromatic rings. The van der Waals surface area contributed by atoms with Crippen molar-refractivity contribution in [2.24, 2.45) is 11.7 Å². The van der Waals surface area contributed by atoms with E-state index in [4.69, 9.17) is 24.5 Å². The lowest BCUT2D eigenvalue weighted by Crippen LogP contribution is -2.67. The predicted molar refractivity (Wildman–Crippen MR) is 135 cm³/mol. The molecule has 10 heteroatoms. The second kappa shape index (κ2) is 10.1. The molecule has 0 saturated carbocycles. The zero-order valence-corrected chi connectivity index (χ0v) is 21.4. The summed E-state index contributed by atoms with van der Waals surface area (Å²) in [4.78, 5) is 26.5. The van der Waals surface area contributed by atoms with Gasteiger partial charge in [0.2, 0.25) is 11.6 Å². The number of nitrogens with zero attached hydrogens (tertiary/aromatic N) is 2. The number of carbonyl (C=O) groups excluding carboxylic acids is 2. The number of rotatable bonds is 9. The third-order valence-electron chi connectivity index (χ3n) is 8.08. The van der Waals surface area contributed by atoms with Gasteiger partial charge in [0, 0.05) is 24.8 Å². The molecule has 0 aliphatic carbocycles. The van der Waals surface area contributed by atoms with Gasteiger partial charge in [-0.05, 0) is 35.4 Å².